The van der Waals surface area contributed by atoms with Crippen molar-refractivity contribution in [1.29, 1.82) is 0 Å². The molecule has 2 aromatic rings. The highest BCUT2D eigenvalue weighted by molar-refractivity contribution is 5.76. The maximum atomic E-state index is 11.9. The minimum Gasteiger partial charge on any atom is -0.392 e. The van der Waals surface area contributed by atoms with Crippen molar-refractivity contribution in [2.24, 2.45) is 0 Å². The lowest BCUT2D eigenvalue weighted by Gasteiger charge is -2.09. The monoisotopic (exact) mass is 283 g/mol. The van der Waals surface area contributed by atoms with Crippen LogP contribution in [0.4, 0.5) is 0 Å². The number of hydrogen-bond donors (Lipinski definition) is 2. The summed E-state index contributed by atoms with van der Waals surface area (Å²) in [6.07, 6.45) is 1.22. The van der Waals surface area contributed by atoms with Crippen molar-refractivity contribution in [2.75, 3.05) is 0 Å². The number of rotatable bonds is 6. The molecule has 110 valence electrons. The van der Waals surface area contributed by atoms with Gasteiger partial charge in [-0.05, 0) is 30.0 Å². The first-order chi connectivity index (χ1) is 10.2. The van der Waals surface area contributed by atoms with Crippen molar-refractivity contribution in [3.63, 3.8) is 0 Å². The Balaban J connectivity index is 1.82. The molecule has 0 atom stereocenters. The maximum absolute atomic E-state index is 11.9. The van der Waals surface area contributed by atoms with Crippen LogP contribution in [0, 0.1) is 6.92 Å². The highest BCUT2D eigenvalue weighted by atomic mass is 16.3. The lowest BCUT2D eigenvalue weighted by molar-refractivity contribution is -0.121. The van der Waals surface area contributed by atoms with E-state index < -0.39 is 0 Å². The van der Waals surface area contributed by atoms with Crippen molar-refractivity contribution in [3.8, 4) is 0 Å². The molecule has 0 aliphatic rings. The molecule has 0 aromatic heterocycles. The second-order valence-electron chi connectivity index (χ2n) is 5.19. The van der Waals surface area contributed by atoms with Gasteiger partial charge in [-0.1, -0.05) is 54.1 Å². The zero-order valence-corrected chi connectivity index (χ0v) is 12.3. The van der Waals surface area contributed by atoms with Gasteiger partial charge in [-0.25, -0.2) is 0 Å². The van der Waals surface area contributed by atoms with E-state index in [4.69, 9.17) is 0 Å². The Morgan fingerprint density at radius 3 is 2.57 bits per heavy atom. The summed E-state index contributed by atoms with van der Waals surface area (Å²) in [4.78, 5) is 11.9. The van der Waals surface area contributed by atoms with E-state index in [9.17, 15) is 9.90 Å². The first kappa shape index (κ1) is 15.3. The summed E-state index contributed by atoms with van der Waals surface area (Å²) in [5.41, 5.74) is 4.21. The number of nitrogens with one attached hydrogen (secondary N) is 1. The molecule has 0 radical (unpaired) electrons. The van der Waals surface area contributed by atoms with Crippen LogP contribution in [0.15, 0.2) is 48.5 Å². The molecule has 0 fully saturated rings. The number of amides is 1. The second kappa shape index (κ2) is 7.60. The minimum absolute atomic E-state index is 0.00463. The third-order valence-corrected chi connectivity index (χ3v) is 3.49. The summed E-state index contributed by atoms with van der Waals surface area (Å²) < 4.78 is 0. The molecule has 2 N–H and O–H groups in total. The van der Waals surface area contributed by atoms with E-state index in [1.165, 1.54) is 11.1 Å². The first-order valence-electron chi connectivity index (χ1n) is 7.19. The van der Waals surface area contributed by atoms with Crippen LogP contribution in [0.2, 0.25) is 0 Å². The molecular formula is C18H21NO2. The molecule has 0 aliphatic carbocycles. The fourth-order valence-corrected chi connectivity index (χ4v) is 2.29. The highest BCUT2D eigenvalue weighted by Gasteiger charge is 2.05. The molecule has 2 rings (SSSR count). The Labute approximate surface area is 125 Å². The first-order valence-corrected chi connectivity index (χ1v) is 7.19. The van der Waals surface area contributed by atoms with Crippen molar-refractivity contribution < 1.29 is 9.90 Å². The van der Waals surface area contributed by atoms with E-state index in [-0.39, 0.29) is 12.5 Å². The Hall–Kier alpha value is -2.13. The van der Waals surface area contributed by atoms with Gasteiger partial charge in [0.2, 0.25) is 5.91 Å². The Morgan fingerprint density at radius 2 is 1.86 bits per heavy atom. The van der Waals surface area contributed by atoms with Crippen LogP contribution in [0.1, 0.15) is 28.7 Å². The van der Waals surface area contributed by atoms with Crippen LogP contribution in [-0.2, 0) is 24.4 Å². The quantitative estimate of drug-likeness (QED) is 0.856. The molecule has 0 heterocycles. The lowest BCUT2D eigenvalue weighted by Crippen LogP contribution is -2.23. The van der Waals surface area contributed by atoms with Gasteiger partial charge in [-0.2, -0.15) is 0 Å². The number of aliphatic hydroxyl groups is 1. The molecular weight excluding hydrogens is 262 g/mol. The number of aryl methyl sites for hydroxylation is 2. The second-order valence-corrected chi connectivity index (χ2v) is 5.19. The molecule has 1 amide bonds. The van der Waals surface area contributed by atoms with Gasteiger partial charge in [-0.15, -0.1) is 0 Å². The summed E-state index contributed by atoms with van der Waals surface area (Å²) in [6, 6.07) is 15.8. The van der Waals surface area contributed by atoms with Crippen LogP contribution in [0.3, 0.4) is 0 Å². The third kappa shape index (κ3) is 4.72. The number of carbonyl (C=O) groups excluding carboxylic acids is 1. The van der Waals surface area contributed by atoms with Gasteiger partial charge in [-0.3, -0.25) is 4.79 Å². The highest BCUT2D eigenvalue weighted by Crippen LogP contribution is 2.09. The smallest absolute Gasteiger partial charge is 0.220 e. The van der Waals surface area contributed by atoms with Crippen LogP contribution < -0.4 is 5.32 Å². The van der Waals surface area contributed by atoms with Gasteiger partial charge < -0.3 is 10.4 Å². The summed E-state index contributed by atoms with van der Waals surface area (Å²) in [6.45, 7) is 2.51. The summed E-state index contributed by atoms with van der Waals surface area (Å²) in [5.74, 6) is 0.0317. The molecule has 0 spiro atoms. The van der Waals surface area contributed by atoms with Crippen LogP contribution in [0.5, 0.6) is 0 Å². The summed E-state index contributed by atoms with van der Waals surface area (Å²) >= 11 is 0. The van der Waals surface area contributed by atoms with Gasteiger partial charge >= 0.3 is 0 Å². The van der Waals surface area contributed by atoms with Crippen molar-refractivity contribution in [2.45, 2.75) is 32.9 Å². The van der Waals surface area contributed by atoms with Gasteiger partial charge in [0, 0.05) is 13.0 Å². The molecule has 3 heteroatoms. The number of benzene rings is 2. The Bertz CT molecular complexity index is 608. The predicted molar refractivity (Wildman–Crippen MR) is 83.7 cm³/mol. The third-order valence-electron chi connectivity index (χ3n) is 3.49. The average Bonchev–Trinajstić information content (AvgIpc) is 2.51. The van der Waals surface area contributed by atoms with E-state index in [1.807, 2.05) is 36.4 Å². The van der Waals surface area contributed by atoms with E-state index in [0.717, 1.165) is 17.5 Å². The van der Waals surface area contributed by atoms with Crippen LogP contribution in [0.25, 0.3) is 0 Å². The average molecular weight is 283 g/mol. The fraction of sp³-hybridized carbons (Fsp3) is 0.278. The zero-order valence-electron chi connectivity index (χ0n) is 12.3. The van der Waals surface area contributed by atoms with Crippen LogP contribution in [-0.4, -0.2) is 11.0 Å². The SMILES string of the molecule is Cc1cccc(CCC(=O)NCc2ccccc2CO)c1. The van der Waals surface area contributed by atoms with Crippen molar-refractivity contribution in [3.05, 3.63) is 70.8 Å². The molecule has 0 saturated heterocycles. The number of hydrogen-bond acceptors (Lipinski definition) is 2. The maximum Gasteiger partial charge on any atom is 0.220 e. The van der Waals surface area contributed by atoms with Crippen molar-refractivity contribution in [1.82, 2.24) is 5.32 Å². The molecule has 3 nitrogen and oxygen atoms in total. The molecule has 0 unspecified atom stereocenters. The Kier molecular flexibility index (Phi) is 5.52. The molecule has 0 saturated carbocycles. The standard InChI is InChI=1S/C18H21NO2/c1-14-5-4-6-15(11-14)9-10-18(21)19-12-16-7-2-3-8-17(16)13-20/h2-8,11,20H,9-10,12-13H2,1H3,(H,19,21). The van der Waals surface area contributed by atoms with E-state index in [1.54, 1.807) is 0 Å². The van der Waals surface area contributed by atoms with E-state index >= 15 is 0 Å². The number of carbonyl (C=O) groups is 1. The zero-order chi connectivity index (χ0) is 15.1. The predicted octanol–water partition coefficient (Wildman–Crippen LogP) is 2.74. The van der Waals surface area contributed by atoms with Gasteiger partial charge in [0.05, 0.1) is 6.61 Å². The largest absolute Gasteiger partial charge is 0.392 e. The topological polar surface area (TPSA) is 49.3 Å². The number of aliphatic hydroxyl groups excluding tert-OH is 1. The molecule has 21 heavy (non-hydrogen) atoms. The molecule has 0 aliphatic heterocycles. The molecule has 0 bridgehead atoms. The van der Waals surface area contributed by atoms with Crippen molar-refractivity contribution >= 4 is 5.91 Å². The summed E-state index contributed by atoms with van der Waals surface area (Å²) in [5, 5.41) is 12.2. The molecule has 2 aromatic carbocycles. The Morgan fingerprint density at radius 1 is 1.10 bits per heavy atom. The minimum atomic E-state index is -0.00463. The summed E-state index contributed by atoms with van der Waals surface area (Å²) in [7, 11) is 0. The van der Waals surface area contributed by atoms with E-state index in [2.05, 4.69) is 24.4 Å². The lowest BCUT2D eigenvalue weighted by atomic mass is 10.1. The normalized spacial score (nSPS) is 10.4. The van der Waals surface area contributed by atoms with E-state index in [0.29, 0.717) is 13.0 Å². The fourth-order valence-electron chi connectivity index (χ4n) is 2.29. The van der Waals surface area contributed by atoms with Gasteiger partial charge in [0.15, 0.2) is 0 Å². The van der Waals surface area contributed by atoms with Gasteiger partial charge in [0.25, 0.3) is 0 Å². The van der Waals surface area contributed by atoms with Crippen LogP contribution >= 0.6 is 0 Å². The van der Waals surface area contributed by atoms with Gasteiger partial charge in [0.1, 0.15) is 0 Å².